The molecule has 1 saturated heterocycles. The van der Waals surface area contributed by atoms with Gasteiger partial charge in [-0.1, -0.05) is 90.6 Å². The molecule has 1 aromatic heterocycles. The van der Waals surface area contributed by atoms with Crippen molar-refractivity contribution in [2.24, 2.45) is 0 Å². The first-order valence-electron chi connectivity index (χ1n) is 16.8. The molecule has 2 N–H and O–H groups in total. The number of hydrogen-bond donors (Lipinski definition) is 2. The number of nitrogens with zero attached hydrogens (tertiary/aromatic N) is 5. The van der Waals surface area contributed by atoms with Crippen molar-refractivity contribution in [3.05, 3.63) is 155 Å². The lowest BCUT2D eigenvalue weighted by atomic mass is 9.99. The predicted octanol–water partition coefficient (Wildman–Crippen LogP) is 6.66. The van der Waals surface area contributed by atoms with Crippen LogP contribution in [0.15, 0.2) is 126 Å². The van der Waals surface area contributed by atoms with Crippen LogP contribution in [0.5, 0.6) is 5.75 Å². The van der Waals surface area contributed by atoms with Crippen LogP contribution in [0.25, 0.3) is 16.8 Å². The normalized spacial score (nSPS) is 18.5. The number of rotatable bonds is 10. The number of ether oxygens (including phenoxy) is 2. The Balaban J connectivity index is 0.995. The van der Waals surface area contributed by atoms with Crippen molar-refractivity contribution in [1.82, 2.24) is 25.1 Å². The number of aromatic nitrogens is 4. The average Bonchev–Trinajstić information content (AvgIpc) is 3.76. The maximum absolute atomic E-state index is 13.0. The standard InChI is InChI=1S/C40H33N5O6S/c46-23-25-8-10-28(11-9-25)36-21-33(24-52-40-41-42-43-45(40)31-16-18-32(47)19-17-31)50-39(51-36)29-14-12-27(13-15-29)30-5-3-4-26(20-30)22-44-37(48)34-6-1-2-7-35(34)38(44)49/h1-20,33,36,39,46-47H,21-24H2. The second-order valence-corrected chi connectivity index (χ2v) is 13.6. The van der Waals surface area contributed by atoms with Gasteiger partial charge in [0.05, 0.1) is 42.2 Å². The fraction of sp³-hybridized carbons (Fsp3) is 0.175. The van der Waals surface area contributed by atoms with Crippen LogP contribution < -0.4 is 0 Å². The summed E-state index contributed by atoms with van der Waals surface area (Å²) in [6, 6.07) is 37.2. The van der Waals surface area contributed by atoms with Crippen LogP contribution in [0.3, 0.4) is 0 Å². The maximum atomic E-state index is 13.0. The van der Waals surface area contributed by atoms with E-state index in [9.17, 15) is 19.8 Å². The van der Waals surface area contributed by atoms with E-state index in [1.165, 1.54) is 16.7 Å². The molecule has 1 fully saturated rings. The molecule has 0 saturated carbocycles. The third-order valence-electron chi connectivity index (χ3n) is 9.21. The summed E-state index contributed by atoms with van der Waals surface area (Å²) in [7, 11) is 0. The Labute approximate surface area is 303 Å². The Bertz CT molecular complexity index is 2190. The number of aromatic hydroxyl groups is 1. The minimum Gasteiger partial charge on any atom is -0.508 e. The number of carbonyl (C=O) groups excluding carboxylic acids is 2. The Hall–Kier alpha value is -5.66. The summed E-state index contributed by atoms with van der Waals surface area (Å²) in [4.78, 5) is 27.2. The van der Waals surface area contributed by atoms with Gasteiger partial charge < -0.3 is 19.7 Å². The first-order chi connectivity index (χ1) is 25.4. The number of benzene rings is 5. The fourth-order valence-electron chi connectivity index (χ4n) is 6.46. The van der Waals surface area contributed by atoms with Crippen LogP contribution >= 0.6 is 11.8 Å². The molecule has 52 heavy (non-hydrogen) atoms. The van der Waals surface area contributed by atoms with Gasteiger partial charge in [-0.15, -0.1) is 5.10 Å². The number of carbonyl (C=O) groups is 2. The minimum atomic E-state index is -0.649. The molecule has 5 aromatic carbocycles. The van der Waals surface area contributed by atoms with Gasteiger partial charge in [0.2, 0.25) is 5.16 Å². The largest absolute Gasteiger partial charge is 0.508 e. The molecule has 3 atom stereocenters. The van der Waals surface area contributed by atoms with Crippen molar-refractivity contribution in [2.45, 2.75) is 43.2 Å². The molecule has 0 bridgehead atoms. The molecule has 6 aromatic rings. The van der Waals surface area contributed by atoms with E-state index in [0.717, 1.165) is 39.1 Å². The number of aliphatic hydroxyl groups excluding tert-OH is 1. The van der Waals surface area contributed by atoms with Gasteiger partial charge in [0, 0.05) is 17.7 Å². The van der Waals surface area contributed by atoms with Crippen molar-refractivity contribution in [1.29, 1.82) is 0 Å². The zero-order valence-corrected chi connectivity index (χ0v) is 28.6. The molecule has 0 aliphatic carbocycles. The molecule has 0 spiro atoms. The van der Waals surface area contributed by atoms with E-state index in [1.54, 1.807) is 53.2 Å². The SMILES string of the molecule is O=C1c2ccccc2C(=O)N1Cc1cccc(-c2ccc(C3OC(CSc4nnnn4-c4ccc(O)cc4)CC(c4ccc(CO)cc4)O3)cc2)c1. The zero-order valence-electron chi connectivity index (χ0n) is 27.8. The van der Waals surface area contributed by atoms with E-state index >= 15 is 0 Å². The van der Waals surface area contributed by atoms with Crippen LogP contribution in [0, 0.1) is 0 Å². The van der Waals surface area contributed by atoms with Crippen molar-refractivity contribution < 1.29 is 29.3 Å². The van der Waals surface area contributed by atoms with E-state index in [1.807, 2.05) is 72.8 Å². The molecule has 2 aliphatic heterocycles. The van der Waals surface area contributed by atoms with Gasteiger partial charge in [0.25, 0.3) is 11.8 Å². The molecule has 3 unspecified atom stereocenters. The highest BCUT2D eigenvalue weighted by Gasteiger charge is 2.35. The molecule has 0 radical (unpaired) electrons. The third-order valence-corrected chi connectivity index (χ3v) is 10.3. The second kappa shape index (κ2) is 14.5. The van der Waals surface area contributed by atoms with Crippen LogP contribution in [0.2, 0.25) is 0 Å². The maximum Gasteiger partial charge on any atom is 0.261 e. The fourth-order valence-corrected chi connectivity index (χ4v) is 7.37. The highest BCUT2D eigenvalue weighted by Crippen LogP contribution is 2.40. The number of amides is 2. The lowest BCUT2D eigenvalue weighted by molar-refractivity contribution is -0.245. The molecule has 11 nitrogen and oxygen atoms in total. The number of phenols is 1. The van der Waals surface area contributed by atoms with Crippen LogP contribution in [-0.2, 0) is 22.6 Å². The molecular formula is C40H33N5O6S. The van der Waals surface area contributed by atoms with Gasteiger partial charge in [-0.05, 0) is 80.7 Å². The molecule has 2 aliphatic rings. The summed E-state index contributed by atoms with van der Waals surface area (Å²) < 4.78 is 14.7. The van der Waals surface area contributed by atoms with Crippen LogP contribution in [-0.4, -0.2) is 59.0 Å². The van der Waals surface area contributed by atoms with Crippen LogP contribution in [0.4, 0.5) is 0 Å². The van der Waals surface area contributed by atoms with Gasteiger partial charge >= 0.3 is 0 Å². The minimum absolute atomic E-state index is 0.0371. The number of phenolic OH excluding ortho intramolecular Hbond substituents is 1. The average molecular weight is 712 g/mol. The lowest BCUT2D eigenvalue weighted by Crippen LogP contribution is -2.31. The summed E-state index contributed by atoms with van der Waals surface area (Å²) in [5, 5.41) is 32.1. The molecule has 2 amide bonds. The number of aliphatic hydroxyl groups is 1. The molecule has 8 rings (SSSR count). The molecule has 3 heterocycles. The highest BCUT2D eigenvalue weighted by molar-refractivity contribution is 7.99. The van der Waals surface area contributed by atoms with Gasteiger partial charge in [0.15, 0.2) is 6.29 Å². The molecular weight excluding hydrogens is 679 g/mol. The van der Waals surface area contributed by atoms with E-state index in [2.05, 4.69) is 15.5 Å². The summed E-state index contributed by atoms with van der Waals surface area (Å²) >= 11 is 1.47. The Morgan fingerprint density at radius 1 is 0.750 bits per heavy atom. The topological polar surface area (TPSA) is 140 Å². The van der Waals surface area contributed by atoms with Crippen LogP contribution in [0.1, 0.15) is 61.8 Å². The van der Waals surface area contributed by atoms with Crippen molar-refractivity contribution in [3.8, 4) is 22.6 Å². The van der Waals surface area contributed by atoms with E-state index < -0.39 is 6.29 Å². The van der Waals surface area contributed by atoms with Gasteiger partial charge in [-0.3, -0.25) is 14.5 Å². The highest BCUT2D eigenvalue weighted by atomic mass is 32.2. The number of thioether (sulfide) groups is 1. The van der Waals surface area contributed by atoms with Gasteiger partial charge in [-0.25, -0.2) is 0 Å². The predicted molar refractivity (Wildman–Crippen MR) is 192 cm³/mol. The van der Waals surface area contributed by atoms with Crippen molar-refractivity contribution in [2.75, 3.05) is 5.75 Å². The van der Waals surface area contributed by atoms with Crippen molar-refractivity contribution in [3.63, 3.8) is 0 Å². The number of fused-ring (bicyclic) bond motifs is 1. The van der Waals surface area contributed by atoms with E-state index in [-0.39, 0.29) is 42.9 Å². The number of hydrogen-bond acceptors (Lipinski definition) is 10. The Kier molecular flexibility index (Phi) is 9.35. The first-order valence-corrected chi connectivity index (χ1v) is 17.8. The quantitative estimate of drug-likeness (QED) is 0.117. The number of tetrazole rings is 1. The van der Waals surface area contributed by atoms with Crippen molar-refractivity contribution >= 4 is 23.6 Å². The molecule has 260 valence electrons. The lowest BCUT2D eigenvalue weighted by Gasteiger charge is -2.36. The Morgan fingerprint density at radius 2 is 1.46 bits per heavy atom. The summed E-state index contributed by atoms with van der Waals surface area (Å²) in [6.45, 7) is 0.147. The van der Waals surface area contributed by atoms with Gasteiger partial charge in [-0.2, -0.15) is 4.68 Å². The third kappa shape index (κ3) is 6.84. The molecule has 12 heteroatoms. The smallest absolute Gasteiger partial charge is 0.261 e. The second-order valence-electron chi connectivity index (χ2n) is 12.6. The summed E-state index contributed by atoms with van der Waals surface area (Å²) in [5.74, 6) is 0.157. The zero-order chi connectivity index (χ0) is 35.6. The van der Waals surface area contributed by atoms with E-state index in [0.29, 0.717) is 28.5 Å². The Morgan fingerprint density at radius 3 is 2.17 bits per heavy atom. The van der Waals surface area contributed by atoms with Gasteiger partial charge in [0.1, 0.15) is 5.75 Å². The summed E-state index contributed by atoms with van der Waals surface area (Å²) in [6.07, 6.45) is -0.525. The monoisotopic (exact) mass is 711 g/mol. The van der Waals surface area contributed by atoms with E-state index in [4.69, 9.17) is 9.47 Å². The first kappa shape index (κ1) is 33.5. The number of imide groups is 1. The summed E-state index contributed by atoms with van der Waals surface area (Å²) in [5.41, 5.74) is 7.03.